The summed E-state index contributed by atoms with van der Waals surface area (Å²) in [7, 11) is 5.50. The Morgan fingerprint density at radius 1 is 1.24 bits per heavy atom. The first-order chi connectivity index (χ1) is 14.0. The lowest BCUT2D eigenvalue weighted by Gasteiger charge is -2.57. The number of carbonyl (C=O) groups excluding carboxylic acids is 1. The second-order valence-electron chi connectivity index (χ2n) is 8.22. The van der Waals surface area contributed by atoms with E-state index in [-0.39, 0.29) is 30.5 Å². The smallest absolute Gasteiger partial charge is 0.236 e. The molecule has 0 saturated carbocycles. The molecule has 0 spiro atoms. The summed E-state index contributed by atoms with van der Waals surface area (Å²) >= 11 is 0. The van der Waals surface area contributed by atoms with E-state index in [1.165, 1.54) is 5.56 Å². The van der Waals surface area contributed by atoms with Gasteiger partial charge >= 0.3 is 0 Å². The van der Waals surface area contributed by atoms with Crippen molar-refractivity contribution in [2.75, 3.05) is 60.6 Å². The number of carbonyl (C=O) groups is 1. The van der Waals surface area contributed by atoms with Crippen LogP contribution < -0.4 is 0 Å². The first-order valence-corrected chi connectivity index (χ1v) is 10.4. The molecule has 2 fully saturated rings. The zero-order valence-electron chi connectivity index (χ0n) is 17.8. The average molecular weight is 400 g/mol. The predicted octanol–water partition coefficient (Wildman–Crippen LogP) is 0.997. The van der Waals surface area contributed by atoms with Gasteiger partial charge in [0, 0.05) is 43.8 Å². The van der Waals surface area contributed by atoms with Crippen LogP contribution in [0.2, 0.25) is 0 Å². The minimum absolute atomic E-state index is 0.120. The maximum Gasteiger partial charge on any atom is 0.236 e. The van der Waals surface area contributed by atoms with Gasteiger partial charge in [0.25, 0.3) is 0 Å². The molecule has 0 radical (unpaired) electrons. The molecule has 1 amide bonds. The van der Waals surface area contributed by atoms with E-state index >= 15 is 0 Å². The number of nitrogens with zero attached hydrogens (tertiary/aromatic N) is 3. The Morgan fingerprint density at radius 3 is 2.62 bits per heavy atom. The number of ether oxygens (including phenoxy) is 1. The Morgan fingerprint density at radius 2 is 1.97 bits per heavy atom. The highest BCUT2D eigenvalue weighted by atomic mass is 16.5. The van der Waals surface area contributed by atoms with Gasteiger partial charge in [-0.2, -0.15) is 0 Å². The lowest BCUT2D eigenvalue weighted by molar-refractivity contribution is -0.137. The van der Waals surface area contributed by atoms with Gasteiger partial charge in [0.2, 0.25) is 5.91 Å². The molecule has 0 bridgehead atoms. The first kappa shape index (κ1) is 21.8. The number of likely N-dealkylation sites (N-methyl/N-ethyl adjacent to an activating group) is 1. The van der Waals surface area contributed by atoms with Crippen molar-refractivity contribution in [2.24, 2.45) is 0 Å². The van der Waals surface area contributed by atoms with E-state index in [4.69, 9.17) is 4.74 Å². The van der Waals surface area contributed by atoms with Gasteiger partial charge in [-0.25, -0.2) is 0 Å². The van der Waals surface area contributed by atoms with E-state index < -0.39 is 0 Å². The number of hydrogen-bond donors (Lipinski definition) is 1. The quantitative estimate of drug-likeness (QED) is 0.749. The Labute approximate surface area is 174 Å². The zero-order chi connectivity index (χ0) is 20.8. The van der Waals surface area contributed by atoms with E-state index in [1.54, 1.807) is 7.11 Å². The molecular weight excluding hydrogens is 366 g/mol. The fraction of sp³-hybridized carbons (Fsp3) is 0.609. The molecule has 3 rings (SSSR count). The molecule has 2 heterocycles. The average Bonchev–Trinajstić information content (AvgIpc) is 2.67. The Kier molecular flexibility index (Phi) is 7.68. The molecule has 0 aromatic heterocycles. The lowest BCUT2D eigenvalue weighted by Crippen LogP contribution is -2.68. The summed E-state index contributed by atoms with van der Waals surface area (Å²) in [6.45, 7) is 3.54. The molecule has 3 atom stereocenters. The van der Waals surface area contributed by atoms with Crippen LogP contribution in [0.25, 0.3) is 0 Å². The summed E-state index contributed by atoms with van der Waals surface area (Å²) in [5, 5.41) is 10.0. The number of benzene rings is 1. The molecular formula is C23H33N3O3. The van der Waals surface area contributed by atoms with Crippen molar-refractivity contribution in [3.63, 3.8) is 0 Å². The SMILES string of the molecule is COCC#Cc1ccc([C@H]2[C@H](CO)N3CCCCN(C(=O)CN(C)C)C[C@@H]23)cc1. The molecule has 1 N–H and O–H groups in total. The standard InChI is InChI=1S/C23H33N3O3/c1-24(2)16-22(28)25-12-4-5-13-26-20(15-25)23(21(26)17-27)19-10-8-18(9-11-19)7-6-14-29-3/h8-11,20-21,23,27H,4-5,12-17H2,1-3H3/t20-,21-,23+/m0/s1. The Bertz CT molecular complexity index is 738. The third kappa shape index (κ3) is 5.18. The molecule has 2 aliphatic heterocycles. The number of amides is 1. The van der Waals surface area contributed by atoms with Gasteiger partial charge in [0.05, 0.1) is 13.2 Å². The fourth-order valence-corrected chi connectivity index (χ4v) is 4.54. The van der Waals surface area contributed by atoms with Crippen molar-refractivity contribution in [2.45, 2.75) is 30.8 Å². The molecule has 0 unspecified atom stereocenters. The Hall–Kier alpha value is -1.91. The summed E-state index contributed by atoms with van der Waals surface area (Å²) in [5.41, 5.74) is 2.17. The number of fused-ring (bicyclic) bond motifs is 1. The Balaban J connectivity index is 1.77. The minimum atomic E-state index is 0.120. The molecule has 1 aromatic carbocycles. The summed E-state index contributed by atoms with van der Waals surface area (Å²) in [5.74, 6) is 6.49. The third-order valence-electron chi connectivity index (χ3n) is 5.92. The van der Waals surface area contributed by atoms with E-state index in [1.807, 2.05) is 36.0 Å². The summed E-state index contributed by atoms with van der Waals surface area (Å²) < 4.78 is 4.97. The van der Waals surface area contributed by atoms with Crippen LogP contribution >= 0.6 is 0 Å². The van der Waals surface area contributed by atoms with Gasteiger partial charge in [0.15, 0.2) is 0 Å². The predicted molar refractivity (Wildman–Crippen MR) is 114 cm³/mol. The largest absolute Gasteiger partial charge is 0.395 e. The number of methoxy groups -OCH3 is 1. The summed E-state index contributed by atoms with van der Waals surface area (Å²) in [6.07, 6.45) is 2.07. The van der Waals surface area contributed by atoms with Gasteiger partial charge in [-0.05, 0) is 51.2 Å². The molecule has 158 valence electrons. The molecule has 6 heteroatoms. The summed E-state index contributed by atoms with van der Waals surface area (Å²) in [6, 6.07) is 8.68. The van der Waals surface area contributed by atoms with Crippen molar-refractivity contribution >= 4 is 5.91 Å². The second kappa shape index (κ2) is 10.2. The van der Waals surface area contributed by atoms with Crippen LogP contribution in [0.4, 0.5) is 0 Å². The minimum Gasteiger partial charge on any atom is -0.395 e. The first-order valence-electron chi connectivity index (χ1n) is 10.4. The van der Waals surface area contributed by atoms with E-state index in [9.17, 15) is 9.90 Å². The third-order valence-corrected chi connectivity index (χ3v) is 5.92. The lowest BCUT2D eigenvalue weighted by atomic mass is 9.74. The highest BCUT2D eigenvalue weighted by Crippen LogP contribution is 2.41. The second-order valence-corrected chi connectivity index (χ2v) is 8.22. The van der Waals surface area contributed by atoms with Crippen molar-refractivity contribution < 1.29 is 14.6 Å². The van der Waals surface area contributed by atoms with Gasteiger partial charge in [0.1, 0.15) is 6.61 Å². The maximum absolute atomic E-state index is 12.7. The fourth-order valence-electron chi connectivity index (χ4n) is 4.54. The maximum atomic E-state index is 12.7. The van der Waals surface area contributed by atoms with Gasteiger partial charge in [-0.1, -0.05) is 24.0 Å². The van der Waals surface area contributed by atoms with E-state index in [0.717, 1.165) is 38.0 Å². The van der Waals surface area contributed by atoms with Crippen LogP contribution in [0.15, 0.2) is 24.3 Å². The molecule has 1 aromatic rings. The van der Waals surface area contributed by atoms with Crippen LogP contribution in [-0.4, -0.2) is 98.4 Å². The van der Waals surface area contributed by atoms with Crippen LogP contribution in [0.1, 0.15) is 29.9 Å². The van der Waals surface area contributed by atoms with Gasteiger partial charge < -0.3 is 19.6 Å². The number of aliphatic hydroxyl groups is 1. The van der Waals surface area contributed by atoms with Crippen LogP contribution in [-0.2, 0) is 9.53 Å². The van der Waals surface area contributed by atoms with Crippen molar-refractivity contribution in [3.8, 4) is 11.8 Å². The molecule has 2 aliphatic rings. The summed E-state index contributed by atoms with van der Waals surface area (Å²) in [4.78, 5) is 19.0. The van der Waals surface area contributed by atoms with E-state index in [0.29, 0.717) is 13.2 Å². The highest BCUT2D eigenvalue weighted by molar-refractivity contribution is 5.78. The molecule has 29 heavy (non-hydrogen) atoms. The van der Waals surface area contributed by atoms with Gasteiger partial charge in [-0.3, -0.25) is 9.69 Å². The highest BCUT2D eigenvalue weighted by Gasteiger charge is 2.49. The number of aliphatic hydroxyl groups excluding tert-OH is 1. The van der Waals surface area contributed by atoms with Crippen molar-refractivity contribution in [1.29, 1.82) is 0 Å². The topological polar surface area (TPSA) is 56.3 Å². The van der Waals surface area contributed by atoms with Gasteiger partial charge in [-0.15, -0.1) is 0 Å². The van der Waals surface area contributed by atoms with E-state index in [2.05, 4.69) is 28.9 Å². The molecule has 6 nitrogen and oxygen atoms in total. The zero-order valence-corrected chi connectivity index (χ0v) is 17.8. The van der Waals surface area contributed by atoms with Crippen molar-refractivity contribution in [3.05, 3.63) is 35.4 Å². The van der Waals surface area contributed by atoms with Crippen LogP contribution in [0.3, 0.4) is 0 Å². The number of rotatable bonds is 5. The molecule has 2 saturated heterocycles. The van der Waals surface area contributed by atoms with Crippen LogP contribution in [0.5, 0.6) is 0 Å². The normalized spacial score (nSPS) is 24.7. The molecule has 0 aliphatic carbocycles. The van der Waals surface area contributed by atoms with Crippen LogP contribution in [0, 0.1) is 11.8 Å². The number of hydrogen-bond acceptors (Lipinski definition) is 5. The monoisotopic (exact) mass is 399 g/mol. The van der Waals surface area contributed by atoms with Crippen molar-refractivity contribution in [1.82, 2.24) is 14.7 Å².